The number of aromatic nitrogens is 1. The van der Waals surface area contributed by atoms with Crippen LogP contribution in [0.25, 0.3) is 11.3 Å². The molecule has 0 radical (unpaired) electrons. The Balaban J connectivity index is 1.84. The summed E-state index contributed by atoms with van der Waals surface area (Å²) in [5.41, 5.74) is 1.72. The number of carboxylic acids is 1. The van der Waals surface area contributed by atoms with E-state index in [4.69, 9.17) is 4.52 Å². The van der Waals surface area contributed by atoms with Crippen LogP contribution in [0.5, 0.6) is 0 Å². The number of piperidine rings is 1. The summed E-state index contributed by atoms with van der Waals surface area (Å²) < 4.78 is 5.48. The third kappa shape index (κ3) is 3.89. The summed E-state index contributed by atoms with van der Waals surface area (Å²) in [6.07, 6.45) is 1.41. The Bertz CT molecular complexity index is 842. The lowest BCUT2D eigenvalue weighted by Gasteiger charge is -2.40. The highest BCUT2D eigenvalue weighted by atomic mass is 16.5. The highest BCUT2D eigenvalue weighted by molar-refractivity contribution is 5.81. The minimum Gasteiger partial charge on any atom is -0.481 e. The summed E-state index contributed by atoms with van der Waals surface area (Å²) in [5.74, 6) is -0.502. The molecule has 1 atom stereocenters. The van der Waals surface area contributed by atoms with E-state index in [1.807, 2.05) is 51.1 Å². The van der Waals surface area contributed by atoms with Crippen molar-refractivity contribution in [3.05, 3.63) is 41.7 Å². The van der Waals surface area contributed by atoms with E-state index < -0.39 is 11.4 Å². The second-order valence-electron chi connectivity index (χ2n) is 7.77. The lowest BCUT2D eigenvalue weighted by molar-refractivity contribution is -0.156. The number of nitrogens with zero attached hydrogens (tertiary/aromatic N) is 2. The van der Waals surface area contributed by atoms with Crippen LogP contribution in [0.1, 0.15) is 38.0 Å². The average Bonchev–Trinajstić information content (AvgIpc) is 3.09. The lowest BCUT2D eigenvalue weighted by atomic mass is 9.76. The first-order valence-corrected chi connectivity index (χ1v) is 9.36. The molecule has 1 N–H and O–H groups in total. The number of carbonyl (C=O) groups is 2. The van der Waals surface area contributed by atoms with E-state index in [1.165, 1.54) is 0 Å². The normalized spacial score (nSPS) is 20.1. The molecule has 1 amide bonds. The Morgan fingerprint density at radius 3 is 2.74 bits per heavy atom. The molecule has 27 heavy (non-hydrogen) atoms. The van der Waals surface area contributed by atoms with Gasteiger partial charge < -0.3 is 14.5 Å². The molecule has 3 rings (SSSR count). The van der Waals surface area contributed by atoms with Crippen molar-refractivity contribution in [1.82, 2.24) is 10.1 Å². The van der Waals surface area contributed by atoms with Crippen LogP contribution in [0.4, 0.5) is 0 Å². The van der Waals surface area contributed by atoms with Crippen LogP contribution in [0, 0.1) is 18.3 Å². The number of aliphatic carboxylic acids is 1. The van der Waals surface area contributed by atoms with Gasteiger partial charge in [0.1, 0.15) is 11.5 Å². The van der Waals surface area contributed by atoms with E-state index >= 15 is 0 Å². The van der Waals surface area contributed by atoms with Gasteiger partial charge in [-0.3, -0.25) is 9.59 Å². The fraction of sp³-hybridized carbons (Fsp3) is 0.476. The Morgan fingerprint density at radius 2 is 2.07 bits per heavy atom. The van der Waals surface area contributed by atoms with E-state index in [2.05, 4.69) is 5.16 Å². The number of carboxylic acid groups (broad SMARTS) is 1. The minimum absolute atomic E-state index is 0.00139. The molecule has 1 aromatic carbocycles. The molecule has 0 unspecified atom stereocenters. The number of amides is 1. The maximum atomic E-state index is 12.4. The Hall–Kier alpha value is -2.63. The fourth-order valence-electron chi connectivity index (χ4n) is 3.80. The van der Waals surface area contributed by atoms with Crippen LogP contribution in [-0.2, 0) is 16.0 Å². The molecule has 1 aromatic heterocycles. The van der Waals surface area contributed by atoms with Crippen molar-refractivity contribution in [1.29, 1.82) is 0 Å². The third-order valence-electron chi connectivity index (χ3n) is 5.33. The summed E-state index contributed by atoms with van der Waals surface area (Å²) in [6, 6.07) is 9.68. The molecule has 0 spiro atoms. The SMILES string of the molecule is Cc1ccccc1-c1cc(C[C@@]2(C(=O)O)CCCN(C(=O)C(C)C)C2)on1. The van der Waals surface area contributed by atoms with Gasteiger partial charge in [-0.05, 0) is 25.3 Å². The summed E-state index contributed by atoms with van der Waals surface area (Å²) in [4.78, 5) is 26.2. The minimum atomic E-state index is -1.04. The number of aryl methyl sites for hydroxylation is 1. The van der Waals surface area contributed by atoms with Crippen molar-refractivity contribution in [3.8, 4) is 11.3 Å². The van der Waals surface area contributed by atoms with Gasteiger partial charge in [0.05, 0.1) is 5.41 Å². The molecular weight excluding hydrogens is 344 g/mol. The van der Waals surface area contributed by atoms with Gasteiger partial charge in [0, 0.05) is 37.1 Å². The van der Waals surface area contributed by atoms with Crippen LogP contribution >= 0.6 is 0 Å². The van der Waals surface area contributed by atoms with Crippen molar-refractivity contribution in [2.45, 2.75) is 40.0 Å². The van der Waals surface area contributed by atoms with Crippen LogP contribution in [0.15, 0.2) is 34.9 Å². The molecule has 2 aromatic rings. The van der Waals surface area contributed by atoms with Gasteiger partial charge in [-0.2, -0.15) is 0 Å². The summed E-state index contributed by atoms with van der Waals surface area (Å²) in [5, 5.41) is 14.1. The summed E-state index contributed by atoms with van der Waals surface area (Å²) >= 11 is 0. The molecule has 0 saturated carbocycles. The number of rotatable bonds is 5. The van der Waals surface area contributed by atoms with Gasteiger partial charge in [-0.1, -0.05) is 43.3 Å². The molecule has 0 bridgehead atoms. The fourth-order valence-corrected chi connectivity index (χ4v) is 3.80. The van der Waals surface area contributed by atoms with Crippen molar-refractivity contribution in [3.63, 3.8) is 0 Å². The third-order valence-corrected chi connectivity index (χ3v) is 5.33. The van der Waals surface area contributed by atoms with Gasteiger partial charge in [0.2, 0.25) is 5.91 Å². The second-order valence-corrected chi connectivity index (χ2v) is 7.77. The van der Waals surface area contributed by atoms with Crippen molar-refractivity contribution < 1.29 is 19.2 Å². The molecule has 6 heteroatoms. The first-order chi connectivity index (χ1) is 12.8. The van der Waals surface area contributed by atoms with Crippen LogP contribution in [-0.4, -0.2) is 40.1 Å². The van der Waals surface area contributed by atoms with Crippen molar-refractivity contribution in [2.75, 3.05) is 13.1 Å². The number of benzene rings is 1. The average molecular weight is 370 g/mol. The molecule has 2 heterocycles. The van der Waals surface area contributed by atoms with Gasteiger partial charge in [0.25, 0.3) is 0 Å². The largest absolute Gasteiger partial charge is 0.481 e. The molecule has 1 fully saturated rings. The summed E-state index contributed by atoms with van der Waals surface area (Å²) in [6.45, 7) is 6.49. The second kappa shape index (κ2) is 7.55. The lowest BCUT2D eigenvalue weighted by Crippen LogP contribution is -2.51. The molecule has 144 valence electrons. The van der Waals surface area contributed by atoms with Crippen LogP contribution in [0.3, 0.4) is 0 Å². The van der Waals surface area contributed by atoms with Gasteiger partial charge in [-0.25, -0.2) is 0 Å². The maximum Gasteiger partial charge on any atom is 0.311 e. The topological polar surface area (TPSA) is 83.6 Å². The van der Waals surface area contributed by atoms with Crippen LogP contribution < -0.4 is 0 Å². The number of carbonyl (C=O) groups excluding carboxylic acids is 1. The quantitative estimate of drug-likeness (QED) is 0.870. The van der Waals surface area contributed by atoms with Gasteiger partial charge >= 0.3 is 5.97 Å². The van der Waals surface area contributed by atoms with E-state index in [0.29, 0.717) is 30.8 Å². The monoisotopic (exact) mass is 370 g/mol. The first kappa shape index (κ1) is 19.1. The van der Waals surface area contributed by atoms with Gasteiger partial charge in [0.15, 0.2) is 0 Å². The Morgan fingerprint density at radius 1 is 1.33 bits per heavy atom. The molecule has 1 aliphatic heterocycles. The predicted molar refractivity (Wildman–Crippen MR) is 101 cm³/mol. The molecule has 0 aliphatic carbocycles. The van der Waals surface area contributed by atoms with E-state index in [9.17, 15) is 14.7 Å². The van der Waals surface area contributed by atoms with Gasteiger partial charge in [-0.15, -0.1) is 0 Å². The first-order valence-electron chi connectivity index (χ1n) is 9.36. The Kier molecular flexibility index (Phi) is 5.35. The number of likely N-dealkylation sites (tertiary alicyclic amines) is 1. The standard InChI is InChI=1S/C21H26N2O4/c1-14(2)19(24)23-10-6-9-21(13-23,20(25)26)12-16-11-18(22-27-16)17-8-5-4-7-15(17)3/h4-5,7-8,11,14H,6,9-10,12-13H2,1-3H3,(H,25,26)/t21-/m0/s1. The number of hydrogen-bond acceptors (Lipinski definition) is 4. The number of hydrogen-bond donors (Lipinski definition) is 1. The summed E-state index contributed by atoms with van der Waals surface area (Å²) in [7, 11) is 0. The highest BCUT2D eigenvalue weighted by Crippen LogP contribution is 2.36. The van der Waals surface area contributed by atoms with Crippen LogP contribution in [0.2, 0.25) is 0 Å². The van der Waals surface area contributed by atoms with Crippen molar-refractivity contribution >= 4 is 11.9 Å². The smallest absolute Gasteiger partial charge is 0.311 e. The van der Waals surface area contributed by atoms with Crippen molar-refractivity contribution in [2.24, 2.45) is 11.3 Å². The zero-order valence-electron chi connectivity index (χ0n) is 16.1. The predicted octanol–water partition coefficient (Wildman–Crippen LogP) is 3.54. The molecule has 1 aliphatic rings. The van der Waals surface area contributed by atoms with E-state index in [-0.39, 0.29) is 24.8 Å². The zero-order chi connectivity index (χ0) is 19.6. The highest BCUT2D eigenvalue weighted by Gasteiger charge is 2.45. The Labute approximate surface area is 159 Å². The van der Waals surface area contributed by atoms with E-state index in [1.54, 1.807) is 4.90 Å². The van der Waals surface area contributed by atoms with E-state index in [0.717, 1.165) is 11.1 Å². The maximum absolute atomic E-state index is 12.4. The zero-order valence-corrected chi connectivity index (χ0v) is 16.1. The molecule has 6 nitrogen and oxygen atoms in total. The molecule has 1 saturated heterocycles. The molecular formula is C21H26N2O4.